The lowest BCUT2D eigenvalue weighted by Crippen LogP contribution is -2.27. The van der Waals surface area contributed by atoms with Crippen LogP contribution in [0, 0.1) is 5.92 Å². The maximum atomic E-state index is 12.1. The molecule has 1 saturated carbocycles. The molecule has 1 fully saturated rings. The molecule has 2 atom stereocenters. The van der Waals surface area contributed by atoms with Crippen molar-refractivity contribution in [1.29, 1.82) is 0 Å². The third-order valence-corrected chi connectivity index (χ3v) is 3.56. The zero-order valence-electron chi connectivity index (χ0n) is 11.0. The number of aromatic nitrogens is 1. The Morgan fingerprint density at radius 1 is 1.42 bits per heavy atom. The molecule has 1 aromatic heterocycles. The Bertz CT molecular complexity index is 639. The molecule has 1 N–H and O–H groups in total. The lowest BCUT2D eigenvalue weighted by molar-refractivity contribution is 0.0943. The molecule has 0 unspecified atom stereocenters. The molecular formula is C15H16N2O2. The van der Waals surface area contributed by atoms with Gasteiger partial charge in [-0.1, -0.05) is 25.1 Å². The number of nitrogens with zero attached hydrogens (tertiary/aromatic N) is 1. The van der Waals surface area contributed by atoms with E-state index in [1.54, 1.807) is 13.2 Å². The third-order valence-electron chi connectivity index (χ3n) is 3.56. The number of benzene rings is 1. The molecule has 0 spiro atoms. The Kier molecular flexibility index (Phi) is 2.85. The summed E-state index contributed by atoms with van der Waals surface area (Å²) in [7, 11) is 1.57. The van der Waals surface area contributed by atoms with Gasteiger partial charge in [0.25, 0.3) is 5.91 Å². The summed E-state index contributed by atoms with van der Waals surface area (Å²) in [5.41, 5.74) is 0.412. The van der Waals surface area contributed by atoms with Crippen molar-refractivity contribution in [2.45, 2.75) is 19.4 Å². The van der Waals surface area contributed by atoms with E-state index < -0.39 is 0 Å². The van der Waals surface area contributed by atoms with Gasteiger partial charge >= 0.3 is 0 Å². The van der Waals surface area contributed by atoms with E-state index in [1.165, 1.54) is 0 Å². The SMILES string of the molecule is COc1nc(C(=O)N[C@@H]2C[C@@H]2C)cc2ccccc12. The number of methoxy groups -OCH3 is 1. The molecule has 1 aliphatic carbocycles. The molecule has 2 aromatic rings. The van der Waals surface area contributed by atoms with Gasteiger partial charge in [-0.15, -0.1) is 0 Å². The summed E-state index contributed by atoms with van der Waals surface area (Å²) >= 11 is 0. The second-order valence-electron chi connectivity index (χ2n) is 5.03. The average Bonchev–Trinajstić information content (AvgIpc) is 3.12. The van der Waals surface area contributed by atoms with E-state index in [9.17, 15) is 4.79 Å². The number of fused-ring (bicyclic) bond motifs is 1. The van der Waals surface area contributed by atoms with Gasteiger partial charge < -0.3 is 10.1 Å². The molecule has 3 rings (SSSR count). The fourth-order valence-electron chi connectivity index (χ4n) is 2.20. The van der Waals surface area contributed by atoms with Crippen molar-refractivity contribution >= 4 is 16.7 Å². The zero-order chi connectivity index (χ0) is 13.4. The second-order valence-corrected chi connectivity index (χ2v) is 5.03. The minimum atomic E-state index is -0.126. The van der Waals surface area contributed by atoms with E-state index in [-0.39, 0.29) is 5.91 Å². The first-order valence-corrected chi connectivity index (χ1v) is 6.43. The number of rotatable bonds is 3. The first kappa shape index (κ1) is 12.0. The first-order chi connectivity index (χ1) is 9.19. The number of carbonyl (C=O) groups is 1. The van der Waals surface area contributed by atoms with Gasteiger partial charge in [0.05, 0.1) is 7.11 Å². The molecule has 0 radical (unpaired) electrons. The van der Waals surface area contributed by atoms with Gasteiger partial charge in [-0.05, 0) is 29.9 Å². The van der Waals surface area contributed by atoms with Crippen LogP contribution in [0.25, 0.3) is 10.8 Å². The second kappa shape index (κ2) is 4.53. The number of hydrogen-bond donors (Lipinski definition) is 1. The highest BCUT2D eigenvalue weighted by molar-refractivity contribution is 5.98. The maximum absolute atomic E-state index is 12.1. The molecule has 1 heterocycles. The highest BCUT2D eigenvalue weighted by Crippen LogP contribution is 2.30. The fraction of sp³-hybridized carbons (Fsp3) is 0.333. The minimum absolute atomic E-state index is 0.126. The molecular weight excluding hydrogens is 240 g/mol. The Balaban J connectivity index is 1.97. The predicted octanol–water partition coefficient (Wildman–Crippen LogP) is 2.38. The van der Waals surface area contributed by atoms with Crippen LogP contribution in [-0.2, 0) is 0 Å². The van der Waals surface area contributed by atoms with Gasteiger partial charge in [0, 0.05) is 11.4 Å². The number of hydrogen-bond acceptors (Lipinski definition) is 3. The summed E-state index contributed by atoms with van der Waals surface area (Å²) in [6.45, 7) is 2.12. The monoisotopic (exact) mass is 256 g/mol. The largest absolute Gasteiger partial charge is 0.481 e. The summed E-state index contributed by atoms with van der Waals surface area (Å²) in [4.78, 5) is 16.4. The molecule has 1 aliphatic rings. The summed E-state index contributed by atoms with van der Waals surface area (Å²) in [5.74, 6) is 0.941. The number of amides is 1. The number of carbonyl (C=O) groups excluding carboxylic acids is 1. The first-order valence-electron chi connectivity index (χ1n) is 6.43. The van der Waals surface area contributed by atoms with Crippen LogP contribution in [0.2, 0.25) is 0 Å². The molecule has 1 amide bonds. The molecule has 4 nitrogen and oxygen atoms in total. The van der Waals surface area contributed by atoms with Crippen LogP contribution < -0.4 is 10.1 Å². The molecule has 98 valence electrons. The van der Waals surface area contributed by atoms with Gasteiger partial charge in [-0.2, -0.15) is 0 Å². The van der Waals surface area contributed by atoms with E-state index in [0.717, 1.165) is 17.2 Å². The van der Waals surface area contributed by atoms with Crippen molar-refractivity contribution in [3.63, 3.8) is 0 Å². The maximum Gasteiger partial charge on any atom is 0.270 e. The Morgan fingerprint density at radius 2 is 2.16 bits per heavy atom. The summed E-state index contributed by atoms with van der Waals surface area (Å²) < 4.78 is 5.27. The number of nitrogens with one attached hydrogen (secondary N) is 1. The fourth-order valence-corrected chi connectivity index (χ4v) is 2.20. The Labute approximate surface area is 111 Å². The van der Waals surface area contributed by atoms with Crippen molar-refractivity contribution in [3.8, 4) is 5.88 Å². The quantitative estimate of drug-likeness (QED) is 0.917. The molecule has 1 aromatic carbocycles. The Morgan fingerprint density at radius 3 is 2.84 bits per heavy atom. The van der Waals surface area contributed by atoms with Crippen molar-refractivity contribution < 1.29 is 9.53 Å². The zero-order valence-corrected chi connectivity index (χ0v) is 11.0. The van der Waals surface area contributed by atoms with E-state index >= 15 is 0 Å². The van der Waals surface area contributed by atoms with Crippen LogP contribution in [0.15, 0.2) is 30.3 Å². The van der Waals surface area contributed by atoms with Gasteiger partial charge in [0.2, 0.25) is 5.88 Å². The average molecular weight is 256 g/mol. The lowest BCUT2D eigenvalue weighted by Gasteiger charge is -2.08. The van der Waals surface area contributed by atoms with E-state index in [0.29, 0.717) is 23.5 Å². The van der Waals surface area contributed by atoms with E-state index in [4.69, 9.17) is 4.74 Å². The summed E-state index contributed by atoms with van der Waals surface area (Å²) in [6.07, 6.45) is 1.05. The van der Waals surface area contributed by atoms with Crippen LogP contribution in [0.1, 0.15) is 23.8 Å². The Hall–Kier alpha value is -2.10. The van der Waals surface area contributed by atoms with Gasteiger partial charge in [-0.25, -0.2) is 4.98 Å². The van der Waals surface area contributed by atoms with Crippen molar-refractivity contribution in [1.82, 2.24) is 10.3 Å². The molecule has 19 heavy (non-hydrogen) atoms. The summed E-state index contributed by atoms with van der Waals surface area (Å²) in [5, 5.41) is 4.86. The summed E-state index contributed by atoms with van der Waals surface area (Å²) in [6, 6.07) is 9.86. The molecule has 0 bridgehead atoms. The topological polar surface area (TPSA) is 51.2 Å². The smallest absolute Gasteiger partial charge is 0.270 e. The normalized spacial score (nSPS) is 21.2. The molecule has 4 heteroatoms. The van der Waals surface area contributed by atoms with Crippen LogP contribution in [0.5, 0.6) is 5.88 Å². The van der Waals surface area contributed by atoms with Crippen molar-refractivity contribution in [3.05, 3.63) is 36.0 Å². The lowest BCUT2D eigenvalue weighted by atomic mass is 10.1. The third kappa shape index (κ3) is 2.26. The van der Waals surface area contributed by atoms with Crippen molar-refractivity contribution in [2.24, 2.45) is 5.92 Å². The van der Waals surface area contributed by atoms with E-state index in [1.807, 2.05) is 24.3 Å². The van der Waals surface area contributed by atoms with Gasteiger partial charge in [-0.3, -0.25) is 4.79 Å². The highest BCUT2D eigenvalue weighted by atomic mass is 16.5. The predicted molar refractivity (Wildman–Crippen MR) is 73.3 cm³/mol. The van der Waals surface area contributed by atoms with Crippen LogP contribution in [-0.4, -0.2) is 24.0 Å². The molecule has 0 saturated heterocycles. The van der Waals surface area contributed by atoms with Crippen LogP contribution in [0.3, 0.4) is 0 Å². The highest BCUT2D eigenvalue weighted by Gasteiger charge is 2.34. The van der Waals surface area contributed by atoms with Crippen LogP contribution >= 0.6 is 0 Å². The minimum Gasteiger partial charge on any atom is -0.481 e. The van der Waals surface area contributed by atoms with Gasteiger partial charge in [0.15, 0.2) is 0 Å². The number of ether oxygens (including phenoxy) is 1. The van der Waals surface area contributed by atoms with Crippen molar-refractivity contribution in [2.75, 3.05) is 7.11 Å². The van der Waals surface area contributed by atoms with E-state index in [2.05, 4.69) is 17.2 Å². The molecule has 0 aliphatic heterocycles. The standard InChI is InChI=1S/C15H16N2O2/c1-9-7-12(9)16-14(18)13-8-10-5-3-4-6-11(10)15(17-13)19-2/h3-6,8-9,12H,7H2,1-2H3,(H,16,18)/t9-,12+/m0/s1. The van der Waals surface area contributed by atoms with Crippen LogP contribution in [0.4, 0.5) is 0 Å². The van der Waals surface area contributed by atoms with Gasteiger partial charge in [0.1, 0.15) is 5.69 Å². The number of pyridine rings is 1.